The van der Waals surface area contributed by atoms with Crippen molar-refractivity contribution in [2.24, 2.45) is 7.05 Å². The van der Waals surface area contributed by atoms with Gasteiger partial charge in [0.1, 0.15) is 0 Å². The summed E-state index contributed by atoms with van der Waals surface area (Å²) in [6, 6.07) is 10.1. The number of aryl methyl sites for hydroxylation is 2. The molecule has 7 heteroatoms. The molecule has 136 valence electrons. The fraction of sp³-hybridized carbons (Fsp3) is 0.316. The molecule has 0 aliphatic carbocycles. The molecule has 2 aromatic heterocycles. The van der Waals surface area contributed by atoms with Crippen molar-refractivity contribution in [1.29, 1.82) is 0 Å². The van der Waals surface area contributed by atoms with Crippen LogP contribution in [0, 0.1) is 0 Å². The van der Waals surface area contributed by atoms with Crippen LogP contribution in [0.25, 0.3) is 11.4 Å². The average Bonchev–Trinajstić information content (AvgIpc) is 3.27. The summed E-state index contributed by atoms with van der Waals surface area (Å²) in [5, 5.41) is 14.3. The highest BCUT2D eigenvalue weighted by Crippen LogP contribution is 2.27. The van der Waals surface area contributed by atoms with Crippen LogP contribution in [-0.4, -0.2) is 26.4 Å². The highest BCUT2D eigenvalue weighted by atomic mass is 32.2. The lowest BCUT2D eigenvalue weighted by Crippen LogP contribution is -2.14. The lowest BCUT2D eigenvalue weighted by molar-refractivity contribution is -0.113. The van der Waals surface area contributed by atoms with E-state index in [0.717, 1.165) is 35.1 Å². The number of benzene rings is 1. The molecular weight excluding hydrogens is 364 g/mol. The van der Waals surface area contributed by atoms with Gasteiger partial charge in [0.25, 0.3) is 0 Å². The average molecular weight is 387 g/mol. The molecule has 1 N–H and O–H groups in total. The van der Waals surface area contributed by atoms with Gasteiger partial charge in [0.15, 0.2) is 11.0 Å². The minimum Gasteiger partial charge on any atom is -0.325 e. The normalized spacial score (nSPS) is 10.9. The molecule has 0 bridgehead atoms. The van der Waals surface area contributed by atoms with E-state index in [9.17, 15) is 4.79 Å². The van der Waals surface area contributed by atoms with Crippen molar-refractivity contribution >= 4 is 34.7 Å². The molecule has 0 aliphatic rings. The summed E-state index contributed by atoms with van der Waals surface area (Å²) in [4.78, 5) is 13.5. The molecule has 1 amide bonds. The molecule has 0 spiro atoms. The fourth-order valence-electron chi connectivity index (χ4n) is 2.53. The molecule has 5 nitrogen and oxygen atoms in total. The molecule has 0 aliphatic heterocycles. The summed E-state index contributed by atoms with van der Waals surface area (Å²) in [5.41, 5.74) is 3.15. The van der Waals surface area contributed by atoms with Gasteiger partial charge in [-0.3, -0.25) is 4.79 Å². The second-order valence-electron chi connectivity index (χ2n) is 5.91. The van der Waals surface area contributed by atoms with Crippen molar-refractivity contribution in [3.8, 4) is 11.4 Å². The van der Waals surface area contributed by atoms with Crippen LogP contribution in [0.3, 0.4) is 0 Å². The third-order valence-corrected chi connectivity index (χ3v) is 6.17. The Labute approximate surface area is 161 Å². The molecule has 0 saturated heterocycles. The van der Waals surface area contributed by atoms with E-state index in [1.807, 2.05) is 35.9 Å². The first-order valence-electron chi connectivity index (χ1n) is 8.59. The Morgan fingerprint density at radius 2 is 1.96 bits per heavy atom. The molecule has 0 saturated carbocycles. The van der Waals surface area contributed by atoms with Crippen molar-refractivity contribution < 1.29 is 4.79 Å². The topological polar surface area (TPSA) is 59.8 Å². The number of thioether (sulfide) groups is 1. The molecule has 26 heavy (non-hydrogen) atoms. The molecular formula is C19H22N4OS2. The third kappa shape index (κ3) is 4.34. The number of hydrogen-bond acceptors (Lipinski definition) is 5. The number of carbonyl (C=O) groups excluding carboxylic acids is 1. The van der Waals surface area contributed by atoms with Gasteiger partial charge < -0.3 is 9.88 Å². The highest BCUT2D eigenvalue weighted by Gasteiger charge is 2.14. The number of nitrogens with one attached hydrogen (secondary N) is 1. The Morgan fingerprint density at radius 1 is 1.19 bits per heavy atom. The van der Waals surface area contributed by atoms with E-state index in [0.29, 0.717) is 5.75 Å². The Balaban J connectivity index is 1.59. The van der Waals surface area contributed by atoms with Crippen molar-refractivity contribution in [2.45, 2.75) is 31.8 Å². The first-order chi connectivity index (χ1) is 12.6. The summed E-state index contributed by atoms with van der Waals surface area (Å²) < 4.78 is 1.94. The maximum absolute atomic E-state index is 12.2. The smallest absolute Gasteiger partial charge is 0.234 e. The molecule has 3 aromatic rings. The van der Waals surface area contributed by atoms with Gasteiger partial charge in [-0.25, -0.2) is 0 Å². The SMILES string of the molecule is CCc1ccc(NC(=O)CSc2nnc(-c3csc(CC)c3)n2C)cc1. The van der Waals surface area contributed by atoms with Crippen LogP contribution in [0.1, 0.15) is 24.3 Å². The van der Waals surface area contributed by atoms with E-state index < -0.39 is 0 Å². The van der Waals surface area contributed by atoms with Crippen molar-refractivity contribution in [3.05, 3.63) is 46.2 Å². The predicted octanol–water partition coefficient (Wildman–Crippen LogP) is 4.40. The van der Waals surface area contributed by atoms with Gasteiger partial charge in [0, 0.05) is 28.6 Å². The summed E-state index contributed by atoms with van der Waals surface area (Å²) >= 11 is 3.12. The van der Waals surface area contributed by atoms with E-state index in [2.05, 4.69) is 40.8 Å². The van der Waals surface area contributed by atoms with Crippen LogP contribution in [0.2, 0.25) is 0 Å². The van der Waals surface area contributed by atoms with E-state index in [-0.39, 0.29) is 5.91 Å². The molecule has 2 heterocycles. The predicted molar refractivity (Wildman–Crippen MR) is 109 cm³/mol. The second kappa shape index (κ2) is 8.51. The number of thiophene rings is 1. The highest BCUT2D eigenvalue weighted by molar-refractivity contribution is 7.99. The summed E-state index contributed by atoms with van der Waals surface area (Å²) in [6.07, 6.45) is 2.01. The van der Waals surface area contributed by atoms with Gasteiger partial charge in [0.2, 0.25) is 5.91 Å². The van der Waals surface area contributed by atoms with Gasteiger partial charge in [-0.1, -0.05) is 37.7 Å². The molecule has 0 unspecified atom stereocenters. The Hall–Kier alpha value is -2.12. The number of anilines is 1. The quantitative estimate of drug-likeness (QED) is 0.612. The molecule has 0 atom stereocenters. The zero-order valence-corrected chi connectivity index (χ0v) is 16.8. The Kier molecular flexibility index (Phi) is 6.11. The second-order valence-corrected chi connectivity index (χ2v) is 7.85. The minimum absolute atomic E-state index is 0.0485. The molecule has 1 aromatic carbocycles. The monoisotopic (exact) mass is 386 g/mol. The molecule has 3 rings (SSSR count). The summed E-state index contributed by atoms with van der Waals surface area (Å²) in [7, 11) is 1.93. The summed E-state index contributed by atoms with van der Waals surface area (Å²) in [6.45, 7) is 4.25. The van der Waals surface area contributed by atoms with Crippen molar-refractivity contribution in [3.63, 3.8) is 0 Å². The van der Waals surface area contributed by atoms with Crippen LogP contribution in [0.15, 0.2) is 40.9 Å². The van der Waals surface area contributed by atoms with Gasteiger partial charge in [0.05, 0.1) is 5.75 Å². The third-order valence-electron chi connectivity index (χ3n) is 4.07. The Bertz CT molecular complexity index is 883. The zero-order valence-electron chi connectivity index (χ0n) is 15.2. The van der Waals surface area contributed by atoms with Crippen LogP contribution in [0.5, 0.6) is 0 Å². The Morgan fingerprint density at radius 3 is 2.62 bits per heavy atom. The van der Waals surface area contributed by atoms with Crippen molar-refractivity contribution in [1.82, 2.24) is 14.8 Å². The van der Waals surface area contributed by atoms with Gasteiger partial charge in [-0.15, -0.1) is 21.5 Å². The first-order valence-corrected chi connectivity index (χ1v) is 10.5. The van der Waals surface area contributed by atoms with Gasteiger partial charge in [-0.2, -0.15) is 0 Å². The van der Waals surface area contributed by atoms with Crippen LogP contribution < -0.4 is 5.32 Å². The lowest BCUT2D eigenvalue weighted by Gasteiger charge is -2.06. The van der Waals surface area contributed by atoms with Crippen LogP contribution in [0.4, 0.5) is 5.69 Å². The number of amides is 1. The van der Waals surface area contributed by atoms with Gasteiger partial charge >= 0.3 is 0 Å². The number of aromatic nitrogens is 3. The van der Waals surface area contributed by atoms with E-state index >= 15 is 0 Å². The fourth-order valence-corrected chi connectivity index (χ4v) is 4.05. The maximum atomic E-state index is 12.2. The lowest BCUT2D eigenvalue weighted by atomic mass is 10.1. The molecule has 0 radical (unpaired) electrons. The van der Waals surface area contributed by atoms with Crippen LogP contribution in [-0.2, 0) is 24.7 Å². The molecule has 0 fully saturated rings. The number of hydrogen-bond donors (Lipinski definition) is 1. The van der Waals surface area contributed by atoms with E-state index in [1.54, 1.807) is 11.3 Å². The minimum atomic E-state index is -0.0485. The first kappa shape index (κ1) is 18.7. The standard InChI is InChI=1S/C19H22N4OS2/c1-4-13-6-8-15(9-7-13)20-17(24)12-26-19-22-21-18(23(19)3)14-10-16(5-2)25-11-14/h6-11H,4-5,12H2,1-3H3,(H,20,24). The van der Waals surface area contributed by atoms with Gasteiger partial charge in [-0.05, 0) is 36.6 Å². The summed E-state index contributed by atoms with van der Waals surface area (Å²) in [5.74, 6) is 1.08. The van der Waals surface area contributed by atoms with E-state index in [1.165, 1.54) is 22.2 Å². The zero-order chi connectivity index (χ0) is 18.5. The maximum Gasteiger partial charge on any atom is 0.234 e. The van der Waals surface area contributed by atoms with Crippen LogP contribution >= 0.6 is 23.1 Å². The van der Waals surface area contributed by atoms with E-state index in [4.69, 9.17) is 0 Å². The number of rotatable bonds is 7. The largest absolute Gasteiger partial charge is 0.325 e. The van der Waals surface area contributed by atoms with Crippen molar-refractivity contribution in [2.75, 3.05) is 11.1 Å². The number of carbonyl (C=O) groups is 1. The number of nitrogens with zero attached hydrogens (tertiary/aromatic N) is 3.